The van der Waals surface area contributed by atoms with E-state index in [0.29, 0.717) is 12.0 Å². The van der Waals surface area contributed by atoms with Gasteiger partial charge in [-0.3, -0.25) is 0 Å². The van der Waals surface area contributed by atoms with Gasteiger partial charge in [0.2, 0.25) is 0 Å². The second kappa shape index (κ2) is 5.75. The lowest BCUT2D eigenvalue weighted by molar-refractivity contribution is 0.103. The third-order valence-corrected chi connectivity index (χ3v) is 4.13. The van der Waals surface area contributed by atoms with Crippen molar-refractivity contribution in [3.8, 4) is 0 Å². The van der Waals surface area contributed by atoms with Crippen molar-refractivity contribution in [2.45, 2.75) is 40.2 Å². The van der Waals surface area contributed by atoms with E-state index in [1.54, 1.807) is 6.08 Å². The molecule has 4 N–H and O–H groups in total. The third-order valence-electron chi connectivity index (χ3n) is 4.13. The second-order valence-electron chi connectivity index (χ2n) is 6.24. The molecule has 0 aromatic carbocycles. The fourth-order valence-electron chi connectivity index (χ4n) is 3.54. The average Bonchev–Trinajstić information content (AvgIpc) is 2.58. The highest BCUT2D eigenvalue weighted by Crippen LogP contribution is 2.55. The van der Waals surface area contributed by atoms with Crippen molar-refractivity contribution >= 4 is 0 Å². The first-order valence-electron chi connectivity index (χ1n) is 6.68. The highest BCUT2D eigenvalue weighted by atomic mass is 16.3. The molecule has 0 aromatic heterocycles. The maximum atomic E-state index is 10.1. The fraction of sp³-hybridized carbons (Fsp3) is 0.733. The molecule has 110 valence electrons. The minimum Gasteiger partial charge on any atom is -0.395 e. The van der Waals surface area contributed by atoms with Gasteiger partial charge in [0.05, 0.1) is 25.9 Å². The Kier molecular flexibility index (Phi) is 4.96. The van der Waals surface area contributed by atoms with E-state index in [-0.39, 0.29) is 25.2 Å². The molecule has 19 heavy (non-hydrogen) atoms. The Morgan fingerprint density at radius 2 is 1.84 bits per heavy atom. The summed E-state index contributed by atoms with van der Waals surface area (Å²) in [6.07, 6.45) is 1.52. The van der Waals surface area contributed by atoms with Crippen LogP contribution in [-0.2, 0) is 0 Å². The topological polar surface area (TPSA) is 80.9 Å². The number of rotatable bonds is 5. The molecule has 4 nitrogen and oxygen atoms in total. The van der Waals surface area contributed by atoms with Crippen LogP contribution in [0.2, 0.25) is 0 Å². The highest BCUT2D eigenvalue weighted by molar-refractivity contribution is 5.48. The van der Waals surface area contributed by atoms with E-state index in [1.165, 1.54) is 0 Å². The molecule has 0 aliphatic heterocycles. The van der Waals surface area contributed by atoms with E-state index < -0.39 is 11.5 Å². The molecular formula is C15H26O4. The Morgan fingerprint density at radius 3 is 2.21 bits per heavy atom. The van der Waals surface area contributed by atoms with Crippen LogP contribution >= 0.6 is 0 Å². The van der Waals surface area contributed by atoms with Gasteiger partial charge in [0.15, 0.2) is 0 Å². The van der Waals surface area contributed by atoms with E-state index >= 15 is 0 Å². The summed E-state index contributed by atoms with van der Waals surface area (Å²) in [5, 5.41) is 38.7. The van der Waals surface area contributed by atoms with Crippen molar-refractivity contribution in [2.75, 3.05) is 19.8 Å². The molecule has 0 saturated heterocycles. The molecule has 0 fully saturated rings. The van der Waals surface area contributed by atoms with Crippen molar-refractivity contribution in [3.05, 3.63) is 22.8 Å². The second-order valence-corrected chi connectivity index (χ2v) is 6.24. The smallest absolute Gasteiger partial charge is 0.0992 e. The maximum absolute atomic E-state index is 10.1. The van der Waals surface area contributed by atoms with Crippen LogP contribution in [0.3, 0.4) is 0 Å². The number of aliphatic hydroxyl groups excluding tert-OH is 4. The van der Waals surface area contributed by atoms with E-state index in [1.807, 2.05) is 27.7 Å². The van der Waals surface area contributed by atoms with Crippen LogP contribution in [0.5, 0.6) is 0 Å². The van der Waals surface area contributed by atoms with Crippen molar-refractivity contribution in [3.63, 3.8) is 0 Å². The Hall–Kier alpha value is -0.680. The first kappa shape index (κ1) is 16.4. The Morgan fingerprint density at radius 1 is 1.26 bits per heavy atom. The molecule has 0 amide bonds. The van der Waals surface area contributed by atoms with Gasteiger partial charge < -0.3 is 20.4 Å². The van der Waals surface area contributed by atoms with Gasteiger partial charge in [-0.2, -0.15) is 0 Å². The summed E-state index contributed by atoms with van der Waals surface area (Å²) in [7, 11) is 0. The lowest BCUT2D eigenvalue weighted by Gasteiger charge is -2.28. The van der Waals surface area contributed by atoms with Crippen LogP contribution in [0.4, 0.5) is 0 Å². The standard InChI is InChI=1S/C15H26O4/c1-5-10(6-16)12-13(11(19)7-17)14(2,3)8-15(12,4)9-18/h5,11,16-19H,6-9H2,1-4H3. The monoisotopic (exact) mass is 270 g/mol. The molecule has 4 heteroatoms. The van der Waals surface area contributed by atoms with Crippen LogP contribution in [0, 0.1) is 10.8 Å². The molecule has 2 atom stereocenters. The number of aliphatic hydroxyl groups is 4. The summed E-state index contributed by atoms with van der Waals surface area (Å²) in [6.45, 7) is 7.20. The van der Waals surface area contributed by atoms with E-state index in [9.17, 15) is 20.4 Å². The molecule has 1 aliphatic carbocycles. The predicted octanol–water partition coefficient (Wildman–Crippen LogP) is 1.00. The minimum absolute atomic E-state index is 0.0508. The summed E-state index contributed by atoms with van der Waals surface area (Å²) >= 11 is 0. The third kappa shape index (κ3) is 2.77. The van der Waals surface area contributed by atoms with Crippen molar-refractivity contribution in [2.24, 2.45) is 10.8 Å². The van der Waals surface area contributed by atoms with Crippen molar-refractivity contribution in [1.82, 2.24) is 0 Å². The van der Waals surface area contributed by atoms with Gasteiger partial charge in [0.1, 0.15) is 0 Å². The zero-order chi connectivity index (χ0) is 14.8. The predicted molar refractivity (Wildman–Crippen MR) is 74.6 cm³/mol. The largest absolute Gasteiger partial charge is 0.395 e. The van der Waals surface area contributed by atoms with Crippen LogP contribution in [0.15, 0.2) is 22.8 Å². The van der Waals surface area contributed by atoms with Crippen LogP contribution in [0.1, 0.15) is 34.1 Å². The first-order chi connectivity index (χ1) is 8.77. The van der Waals surface area contributed by atoms with E-state index in [4.69, 9.17) is 0 Å². The van der Waals surface area contributed by atoms with Gasteiger partial charge in [-0.25, -0.2) is 0 Å². The highest BCUT2D eigenvalue weighted by Gasteiger charge is 2.48. The van der Waals surface area contributed by atoms with E-state index in [2.05, 4.69) is 0 Å². The van der Waals surface area contributed by atoms with Gasteiger partial charge in [-0.05, 0) is 35.5 Å². The fourth-order valence-corrected chi connectivity index (χ4v) is 3.54. The molecule has 0 heterocycles. The summed E-state index contributed by atoms with van der Waals surface area (Å²) in [6, 6.07) is 0. The Balaban J connectivity index is 3.53. The molecule has 0 saturated carbocycles. The van der Waals surface area contributed by atoms with Gasteiger partial charge in [-0.1, -0.05) is 26.8 Å². The van der Waals surface area contributed by atoms with Crippen LogP contribution < -0.4 is 0 Å². The summed E-state index contributed by atoms with van der Waals surface area (Å²) < 4.78 is 0. The van der Waals surface area contributed by atoms with Crippen LogP contribution in [0.25, 0.3) is 0 Å². The average molecular weight is 270 g/mol. The molecule has 0 radical (unpaired) electrons. The molecule has 0 spiro atoms. The summed E-state index contributed by atoms with van der Waals surface area (Å²) in [4.78, 5) is 0. The normalized spacial score (nSPS) is 28.9. The zero-order valence-electron chi connectivity index (χ0n) is 12.3. The number of allylic oxidation sites excluding steroid dienone is 1. The van der Waals surface area contributed by atoms with Gasteiger partial charge in [0, 0.05) is 5.41 Å². The van der Waals surface area contributed by atoms with Gasteiger partial charge in [0.25, 0.3) is 0 Å². The Bertz CT molecular complexity index is 395. The summed E-state index contributed by atoms with van der Waals surface area (Å²) in [5.74, 6) is 0. The van der Waals surface area contributed by atoms with Crippen molar-refractivity contribution < 1.29 is 20.4 Å². The molecule has 0 aromatic rings. The van der Waals surface area contributed by atoms with Gasteiger partial charge in [-0.15, -0.1) is 0 Å². The minimum atomic E-state index is -0.958. The molecular weight excluding hydrogens is 244 g/mol. The lowest BCUT2D eigenvalue weighted by Crippen LogP contribution is -2.25. The molecule has 2 unspecified atom stereocenters. The SMILES string of the molecule is CC=C(CO)C1=C(C(O)CO)C(C)(C)CC1(C)CO. The molecule has 1 rings (SSSR count). The maximum Gasteiger partial charge on any atom is 0.0992 e. The Labute approximate surface area is 115 Å². The quantitative estimate of drug-likeness (QED) is 0.601. The number of hydrogen-bond acceptors (Lipinski definition) is 4. The summed E-state index contributed by atoms with van der Waals surface area (Å²) in [5.41, 5.74) is 1.42. The van der Waals surface area contributed by atoms with Gasteiger partial charge >= 0.3 is 0 Å². The number of hydrogen-bond donors (Lipinski definition) is 4. The van der Waals surface area contributed by atoms with Crippen LogP contribution in [-0.4, -0.2) is 46.4 Å². The van der Waals surface area contributed by atoms with Crippen molar-refractivity contribution in [1.29, 1.82) is 0 Å². The zero-order valence-corrected chi connectivity index (χ0v) is 12.3. The molecule has 1 aliphatic rings. The molecule has 0 bridgehead atoms. The first-order valence-corrected chi connectivity index (χ1v) is 6.68. The van der Waals surface area contributed by atoms with E-state index in [0.717, 1.165) is 11.1 Å². The lowest BCUT2D eigenvalue weighted by atomic mass is 9.77.